The number of carbonyl (C=O) groups excluding carboxylic acids is 2. The van der Waals surface area contributed by atoms with E-state index in [1.165, 1.54) is 24.1 Å². The molecule has 41 heavy (non-hydrogen) atoms. The number of ether oxygens (including phenoxy) is 1. The fraction of sp³-hybridized carbons (Fsp3) is 0.375. The molecule has 0 saturated heterocycles. The fourth-order valence-electron chi connectivity index (χ4n) is 5.17. The van der Waals surface area contributed by atoms with Gasteiger partial charge < -0.3 is 15.0 Å². The van der Waals surface area contributed by atoms with Gasteiger partial charge in [0.15, 0.2) is 0 Å². The highest BCUT2D eigenvalue weighted by molar-refractivity contribution is 7.92. The summed E-state index contributed by atoms with van der Waals surface area (Å²) in [6.07, 6.45) is 3.96. The monoisotopic (exact) mass is 577 g/mol. The number of hydrogen-bond donors (Lipinski definition) is 1. The van der Waals surface area contributed by atoms with E-state index in [2.05, 4.69) is 5.32 Å². The maximum atomic E-state index is 14.2. The highest BCUT2D eigenvalue weighted by Gasteiger charge is 2.34. The number of amides is 2. The van der Waals surface area contributed by atoms with Crippen LogP contribution in [0.15, 0.2) is 77.7 Å². The molecule has 3 aromatic rings. The predicted octanol–water partition coefficient (Wildman–Crippen LogP) is 4.98. The van der Waals surface area contributed by atoms with E-state index in [0.717, 1.165) is 46.7 Å². The highest BCUT2D eigenvalue weighted by atomic mass is 32.2. The first-order valence-corrected chi connectivity index (χ1v) is 15.4. The summed E-state index contributed by atoms with van der Waals surface area (Å²) in [6.45, 7) is 5.14. The molecule has 1 atom stereocenters. The van der Waals surface area contributed by atoms with Crippen LogP contribution in [0.25, 0.3) is 0 Å². The van der Waals surface area contributed by atoms with Crippen LogP contribution in [0.4, 0.5) is 5.69 Å². The summed E-state index contributed by atoms with van der Waals surface area (Å²) in [5, 5.41) is 3.10. The van der Waals surface area contributed by atoms with Gasteiger partial charge in [-0.1, -0.05) is 61.4 Å². The zero-order valence-electron chi connectivity index (χ0n) is 24.2. The number of nitrogens with one attached hydrogen (secondary N) is 1. The number of carbonyl (C=O) groups is 2. The van der Waals surface area contributed by atoms with Gasteiger partial charge >= 0.3 is 0 Å². The molecule has 1 aliphatic rings. The first-order valence-electron chi connectivity index (χ1n) is 14.0. The zero-order chi connectivity index (χ0) is 29.6. The van der Waals surface area contributed by atoms with Gasteiger partial charge in [-0.05, 0) is 74.6 Å². The van der Waals surface area contributed by atoms with Crippen LogP contribution >= 0.6 is 0 Å². The molecular formula is C32H39N3O5S. The Labute approximate surface area is 243 Å². The van der Waals surface area contributed by atoms with Gasteiger partial charge in [-0.25, -0.2) is 8.42 Å². The molecule has 2 amide bonds. The topological polar surface area (TPSA) is 96.0 Å². The van der Waals surface area contributed by atoms with Crippen LogP contribution in [0.1, 0.15) is 49.3 Å². The third-order valence-electron chi connectivity index (χ3n) is 7.68. The summed E-state index contributed by atoms with van der Waals surface area (Å²) < 4.78 is 34.7. The van der Waals surface area contributed by atoms with E-state index in [9.17, 15) is 18.0 Å². The lowest BCUT2D eigenvalue weighted by Crippen LogP contribution is -2.52. The molecule has 3 aromatic carbocycles. The Morgan fingerprint density at radius 1 is 0.976 bits per heavy atom. The quantitative estimate of drug-likeness (QED) is 0.347. The van der Waals surface area contributed by atoms with Crippen molar-refractivity contribution in [3.63, 3.8) is 0 Å². The maximum Gasteiger partial charge on any atom is 0.264 e. The Kier molecular flexibility index (Phi) is 9.70. The molecule has 218 valence electrons. The average molecular weight is 578 g/mol. The maximum absolute atomic E-state index is 14.2. The fourth-order valence-corrected chi connectivity index (χ4v) is 6.61. The van der Waals surface area contributed by atoms with Crippen molar-refractivity contribution in [2.45, 2.75) is 70.0 Å². The van der Waals surface area contributed by atoms with Crippen molar-refractivity contribution in [3.8, 4) is 5.75 Å². The minimum Gasteiger partial charge on any atom is -0.495 e. The van der Waals surface area contributed by atoms with Crippen LogP contribution in [0.5, 0.6) is 5.75 Å². The first-order chi connectivity index (χ1) is 19.6. The zero-order valence-corrected chi connectivity index (χ0v) is 25.0. The lowest BCUT2D eigenvalue weighted by atomic mass is 10.1. The first kappa shape index (κ1) is 30.1. The molecule has 0 radical (unpaired) electrons. The number of aryl methyl sites for hydroxylation is 2. The molecule has 1 fully saturated rings. The van der Waals surface area contributed by atoms with E-state index in [1.807, 2.05) is 44.2 Å². The van der Waals surface area contributed by atoms with Gasteiger partial charge in [0.05, 0.1) is 17.7 Å². The van der Waals surface area contributed by atoms with Gasteiger partial charge in [0.2, 0.25) is 11.8 Å². The number of rotatable bonds is 11. The van der Waals surface area contributed by atoms with Gasteiger partial charge in [-0.3, -0.25) is 13.9 Å². The molecule has 9 heteroatoms. The van der Waals surface area contributed by atoms with Crippen LogP contribution in [-0.4, -0.2) is 50.9 Å². The molecule has 0 spiro atoms. The second kappa shape index (κ2) is 13.2. The Morgan fingerprint density at radius 3 is 2.29 bits per heavy atom. The summed E-state index contributed by atoms with van der Waals surface area (Å²) in [4.78, 5) is 29.1. The van der Waals surface area contributed by atoms with Gasteiger partial charge in [-0.2, -0.15) is 0 Å². The van der Waals surface area contributed by atoms with Crippen molar-refractivity contribution in [2.24, 2.45) is 0 Å². The molecule has 0 bridgehead atoms. The normalized spacial score (nSPS) is 14.3. The molecule has 0 heterocycles. The van der Waals surface area contributed by atoms with Crippen molar-refractivity contribution in [2.75, 3.05) is 18.0 Å². The molecule has 0 unspecified atom stereocenters. The summed E-state index contributed by atoms with van der Waals surface area (Å²) in [7, 11) is -2.71. The average Bonchev–Trinajstić information content (AvgIpc) is 3.48. The molecule has 8 nitrogen and oxygen atoms in total. The third kappa shape index (κ3) is 7.08. The van der Waals surface area contributed by atoms with Crippen molar-refractivity contribution < 1.29 is 22.7 Å². The summed E-state index contributed by atoms with van der Waals surface area (Å²) in [5.74, 6) is -0.421. The number of nitrogens with zero attached hydrogens (tertiary/aromatic N) is 2. The smallest absolute Gasteiger partial charge is 0.264 e. The van der Waals surface area contributed by atoms with E-state index in [0.29, 0.717) is 5.75 Å². The van der Waals surface area contributed by atoms with Gasteiger partial charge in [0.25, 0.3) is 10.0 Å². The lowest BCUT2D eigenvalue weighted by Gasteiger charge is -2.33. The Bertz CT molecular complexity index is 1470. The standard InChI is InChI=1S/C32H39N3O5S/c1-23-18-19-30(40-4)29(20-23)35(41(38,39)28-16-6-5-7-17-28)22-31(36)34(21-26-13-9-8-12-24(26)2)25(3)32(37)33-27-14-10-11-15-27/h5-9,12-13,16-20,25,27H,10-11,14-15,21-22H2,1-4H3,(H,33,37)/t25-/m1/s1. The van der Waals surface area contributed by atoms with E-state index in [4.69, 9.17) is 4.74 Å². The van der Waals surface area contributed by atoms with Crippen molar-refractivity contribution in [1.29, 1.82) is 0 Å². The number of sulfonamides is 1. The molecule has 1 saturated carbocycles. The summed E-state index contributed by atoms with van der Waals surface area (Å²) >= 11 is 0. The van der Waals surface area contributed by atoms with Crippen LogP contribution in [0.3, 0.4) is 0 Å². The Morgan fingerprint density at radius 2 is 1.63 bits per heavy atom. The molecule has 0 aliphatic heterocycles. The molecule has 1 aliphatic carbocycles. The SMILES string of the molecule is COc1ccc(C)cc1N(CC(=O)N(Cc1ccccc1C)[C@H](C)C(=O)NC1CCCC1)S(=O)(=O)c1ccccc1. The number of anilines is 1. The predicted molar refractivity (Wildman–Crippen MR) is 160 cm³/mol. The van der Waals surface area contributed by atoms with Crippen LogP contribution in [0, 0.1) is 13.8 Å². The van der Waals surface area contributed by atoms with Gasteiger partial charge in [0, 0.05) is 12.6 Å². The second-order valence-electron chi connectivity index (χ2n) is 10.6. The third-order valence-corrected chi connectivity index (χ3v) is 9.46. The van der Waals surface area contributed by atoms with Crippen LogP contribution in [-0.2, 0) is 26.2 Å². The van der Waals surface area contributed by atoms with E-state index < -0.39 is 28.5 Å². The minimum absolute atomic E-state index is 0.0498. The van der Waals surface area contributed by atoms with E-state index in [-0.39, 0.29) is 29.1 Å². The van der Waals surface area contributed by atoms with Crippen LogP contribution in [0.2, 0.25) is 0 Å². The molecular weight excluding hydrogens is 538 g/mol. The van der Waals surface area contributed by atoms with Crippen molar-refractivity contribution in [1.82, 2.24) is 10.2 Å². The number of benzene rings is 3. The summed E-state index contributed by atoms with van der Waals surface area (Å²) in [5.41, 5.74) is 2.92. The highest BCUT2D eigenvalue weighted by Crippen LogP contribution is 2.34. The Balaban J connectivity index is 1.74. The second-order valence-corrected chi connectivity index (χ2v) is 12.5. The van der Waals surface area contributed by atoms with Crippen LogP contribution < -0.4 is 14.4 Å². The molecule has 4 rings (SSSR count). The van der Waals surface area contributed by atoms with Gasteiger partial charge in [0.1, 0.15) is 18.3 Å². The lowest BCUT2D eigenvalue weighted by molar-refractivity contribution is -0.139. The number of hydrogen-bond acceptors (Lipinski definition) is 5. The Hall–Kier alpha value is -3.85. The largest absolute Gasteiger partial charge is 0.495 e. The number of methoxy groups -OCH3 is 1. The van der Waals surface area contributed by atoms with Gasteiger partial charge in [-0.15, -0.1) is 0 Å². The van der Waals surface area contributed by atoms with E-state index in [1.54, 1.807) is 37.3 Å². The summed E-state index contributed by atoms with van der Waals surface area (Å²) in [6, 6.07) is 20.1. The molecule has 0 aromatic heterocycles. The molecule has 1 N–H and O–H groups in total. The minimum atomic E-state index is -4.17. The van der Waals surface area contributed by atoms with Crippen molar-refractivity contribution >= 4 is 27.5 Å². The van der Waals surface area contributed by atoms with E-state index >= 15 is 0 Å². The van der Waals surface area contributed by atoms with Crippen molar-refractivity contribution in [3.05, 3.63) is 89.5 Å².